The molecule has 0 aliphatic carbocycles. The number of rotatable bonds is 2. The molecule has 0 bridgehead atoms. The molecule has 6 nitrogen and oxygen atoms in total. The van der Waals surface area contributed by atoms with Crippen molar-refractivity contribution in [3.63, 3.8) is 0 Å². The minimum atomic E-state index is 0.0430. The van der Waals surface area contributed by atoms with E-state index in [0.29, 0.717) is 23.7 Å². The van der Waals surface area contributed by atoms with Gasteiger partial charge in [0.1, 0.15) is 4.88 Å². The number of piperazine rings is 1. The average molecular weight is 345 g/mol. The molecule has 1 aliphatic rings. The van der Waals surface area contributed by atoms with Crippen LogP contribution in [-0.2, 0) is 0 Å². The monoisotopic (exact) mass is 345 g/mol. The molecule has 4 rings (SSSR count). The zero-order valence-corrected chi connectivity index (χ0v) is 14.2. The van der Waals surface area contributed by atoms with E-state index in [9.17, 15) is 4.79 Å². The van der Waals surface area contributed by atoms with Crippen LogP contribution in [0, 0.1) is 6.92 Å². The summed E-state index contributed by atoms with van der Waals surface area (Å²) in [5, 5.41) is 4.96. The summed E-state index contributed by atoms with van der Waals surface area (Å²) in [4.78, 5) is 22.0. The van der Waals surface area contributed by atoms with E-state index in [4.69, 9.17) is 4.98 Å². The van der Waals surface area contributed by atoms with Gasteiger partial charge < -0.3 is 9.80 Å². The zero-order valence-electron chi connectivity index (χ0n) is 12.6. The van der Waals surface area contributed by atoms with E-state index in [1.807, 2.05) is 30.0 Å². The Bertz CT molecular complexity index is 817. The van der Waals surface area contributed by atoms with E-state index in [1.54, 1.807) is 11.3 Å². The first-order chi connectivity index (χ1) is 11.2. The second kappa shape index (κ2) is 5.86. The summed E-state index contributed by atoms with van der Waals surface area (Å²) in [6.45, 7) is 4.83. The van der Waals surface area contributed by atoms with Crippen molar-refractivity contribution in [2.24, 2.45) is 0 Å². The first kappa shape index (κ1) is 14.5. The van der Waals surface area contributed by atoms with Gasteiger partial charge in [0.25, 0.3) is 5.91 Å². The van der Waals surface area contributed by atoms with Crippen LogP contribution in [0.4, 0.5) is 5.13 Å². The molecule has 0 unspecified atom stereocenters. The van der Waals surface area contributed by atoms with Crippen molar-refractivity contribution >= 4 is 44.1 Å². The SMILES string of the molecule is Cc1nnsc1C(=O)N1CCN(c2nc3ccccc3s2)CC1. The summed E-state index contributed by atoms with van der Waals surface area (Å²) in [6, 6.07) is 8.17. The topological polar surface area (TPSA) is 62.2 Å². The molecule has 0 saturated carbocycles. The van der Waals surface area contributed by atoms with Gasteiger partial charge in [-0.3, -0.25) is 4.79 Å². The van der Waals surface area contributed by atoms with Gasteiger partial charge in [-0.15, -0.1) is 5.10 Å². The summed E-state index contributed by atoms with van der Waals surface area (Å²) < 4.78 is 5.05. The van der Waals surface area contributed by atoms with Gasteiger partial charge in [0, 0.05) is 26.2 Å². The Morgan fingerprint density at radius 1 is 1.17 bits per heavy atom. The van der Waals surface area contributed by atoms with Crippen LogP contribution in [0.25, 0.3) is 10.2 Å². The van der Waals surface area contributed by atoms with E-state index in [-0.39, 0.29) is 5.91 Å². The summed E-state index contributed by atoms with van der Waals surface area (Å²) in [7, 11) is 0. The van der Waals surface area contributed by atoms with Gasteiger partial charge in [0.15, 0.2) is 5.13 Å². The average Bonchev–Trinajstić information content (AvgIpc) is 3.20. The standard InChI is InChI=1S/C15H15N5OS2/c1-10-13(23-18-17-10)14(21)19-6-8-20(9-7-19)15-16-11-4-2-3-5-12(11)22-15/h2-5H,6-9H2,1H3. The van der Waals surface area contributed by atoms with Crippen molar-refractivity contribution < 1.29 is 4.79 Å². The number of carbonyl (C=O) groups excluding carboxylic acids is 1. The van der Waals surface area contributed by atoms with Gasteiger partial charge in [-0.25, -0.2) is 4.98 Å². The van der Waals surface area contributed by atoms with Crippen LogP contribution in [0.3, 0.4) is 0 Å². The third-order valence-corrected chi connectivity index (χ3v) is 5.88. The third kappa shape index (κ3) is 2.68. The van der Waals surface area contributed by atoms with Gasteiger partial charge in [0.2, 0.25) is 0 Å². The number of hydrogen-bond donors (Lipinski definition) is 0. The highest BCUT2D eigenvalue weighted by atomic mass is 32.1. The number of thiazole rings is 1. The highest BCUT2D eigenvalue weighted by Gasteiger charge is 2.26. The second-order valence-corrected chi connectivity index (χ2v) is 7.19. The van der Waals surface area contributed by atoms with Crippen LogP contribution in [0.2, 0.25) is 0 Å². The minimum absolute atomic E-state index is 0.0430. The van der Waals surface area contributed by atoms with E-state index in [0.717, 1.165) is 23.7 Å². The highest BCUT2D eigenvalue weighted by Crippen LogP contribution is 2.29. The molecule has 1 aromatic carbocycles. The minimum Gasteiger partial charge on any atom is -0.345 e. The Labute approximate surface area is 141 Å². The van der Waals surface area contributed by atoms with Crippen LogP contribution in [0.15, 0.2) is 24.3 Å². The van der Waals surface area contributed by atoms with Gasteiger partial charge in [0.05, 0.1) is 15.9 Å². The molecule has 0 radical (unpaired) electrons. The van der Waals surface area contributed by atoms with Crippen molar-refractivity contribution in [3.8, 4) is 0 Å². The number of aromatic nitrogens is 3. The van der Waals surface area contributed by atoms with Crippen molar-refractivity contribution in [2.75, 3.05) is 31.1 Å². The number of hydrogen-bond acceptors (Lipinski definition) is 7. The van der Waals surface area contributed by atoms with Gasteiger partial charge in [-0.2, -0.15) is 0 Å². The quantitative estimate of drug-likeness (QED) is 0.714. The van der Waals surface area contributed by atoms with Crippen molar-refractivity contribution in [1.82, 2.24) is 19.5 Å². The molecule has 118 valence electrons. The molecule has 23 heavy (non-hydrogen) atoms. The Hall–Kier alpha value is -2.06. The Morgan fingerprint density at radius 2 is 1.96 bits per heavy atom. The fourth-order valence-electron chi connectivity index (χ4n) is 2.67. The molecule has 1 amide bonds. The fraction of sp³-hybridized carbons (Fsp3) is 0.333. The van der Waals surface area contributed by atoms with Gasteiger partial charge in [-0.1, -0.05) is 28.0 Å². The molecule has 2 aromatic heterocycles. The molecule has 1 saturated heterocycles. The number of anilines is 1. The number of para-hydroxylation sites is 1. The molecular formula is C15H15N5OS2. The van der Waals surface area contributed by atoms with Gasteiger partial charge >= 0.3 is 0 Å². The van der Waals surface area contributed by atoms with Gasteiger partial charge in [-0.05, 0) is 30.6 Å². The molecule has 0 spiro atoms. The van der Waals surface area contributed by atoms with Crippen LogP contribution < -0.4 is 4.90 Å². The maximum atomic E-state index is 12.5. The Balaban J connectivity index is 1.46. The summed E-state index contributed by atoms with van der Waals surface area (Å²) in [5.74, 6) is 0.0430. The van der Waals surface area contributed by atoms with E-state index < -0.39 is 0 Å². The second-order valence-electron chi connectivity index (χ2n) is 5.43. The van der Waals surface area contributed by atoms with Crippen molar-refractivity contribution in [3.05, 3.63) is 34.8 Å². The van der Waals surface area contributed by atoms with Crippen LogP contribution in [0.1, 0.15) is 15.4 Å². The highest BCUT2D eigenvalue weighted by molar-refractivity contribution is 7.22. The fourth-order valence-corrected chi connectivity index (χ4v) is 4.31. The predicted molar refractivity (Wildman–Crippen MR) is 92.4 cm³/mol. The lowest BCUT2D eigenvalue weighted by Gasteiger charge is -2.34. The number of aryl methyl sites for hydroxylation is 1. The lowest BCUT2D eigenvalue weighted by Crippen LogP contribution is -2.48. The molecule has 3 aromatic rings. The molecule has 0 N–H and O–H groups in total. The Kier molecular flexibility index (Phi) is 3.70. The summed E-state index contributed by atoms with van der Waals surface area (Å²) in [6.07, 6.45) is 0. The molecule has 1 fully saturated rings. The number of amides is 1. The van der Waals surface area contributed by atoms with Crippen LogP contribution in [-0.4, -0.2) is 51.6 Å². The smallest absolute Gasteiger partial charge is 0.267 e. The van der Waals surface area contributed by atoms with Crippen molar-refractivity contribution in [1.29, 1.82) is 0 Å². The molecule has 3 heterocycles. The van der Waals surface area contributed by atoms with Crippen LogP contribution in [0.5, 0.6) is 0 Å². The Morgan fingerprint density at radius 3 is 2.65 bits per heavy atom. The molecule has 8 heteroatoms. The summed E-state index contributed by atoms with van der Waals surface area (Å²) >= 11 is 2.88. The van der Waals surface area contributed by atoms with E-state index >= 15 is 0 Å². The lowest BCUT2D eigenvalue weighted by molar-refractivity contribution is 0.0750. The lowest BCUT2D eigenvalue weighted by atomic mass is 10.3. The number of benzene rings is 1. The number of fused-ring (bicyclic) bond motifs is 1. The maximum absolute atomic E-state index is 12.5. The maximum Gasteiger partial charge on any atom is 0.267 e. The van der Waals surface area contributed by atoms with Crippen LogP contribution >= 0.6 is 22.9 Å². The number of carbonyl (C=O) groups is 1. The zero-order chi connectivity index (χ0) is 15.8. The first-order valence-electron chi connectivity index (χ1n) is 7.41. The molecule has 1 aliphatic heterocycles. The molecule has 0 atom stereocenters. The van der Waals surface area contributed by atoms with E-state index in [2.05, 4.69) is 20.6 Å². The first-order valence-corrected chi connectivity index (χ1v) is 9.00. The normalized spacial score (nSPS) is 15.3. The summed E-state index contributed by atoms with van der Waals surface area (Å²) in [5.41, 5.74) is 1.76. The predicted octanol–water partition coefficient (Wildman–Crippen LogP) is 2.42. The largest absolute Gasteiger partial charge is 0.345 e. The van der Waals surface area contributed by atoms with E-state index in [1.165, 1.54) is 16.2 Å². The number of nitrogens with zero attached hydrogens (tertiary/aromatic N) is 5. The molecular weight excluding hydrogens is 330 g/mol. The third-order valence-electron chi connectivity index (χ3n) is 3.97. The van der Waals surface area contributed by atoms with Crippen molar-refractivity contribution in [2.45, 2.75) is 6.92 Å².